The molecule has 1 aliphatic rings. The predicted octanol–water partition coefficient (Wildman–Crippen LogP) is 2.57. The molecule has 0 aliphatic carbocycles. The third kappa shape index (κ3) is 2.23. The van der Waals surface area contributed by atoms with Gasteiger partial charge in [-0.2, -0.15) is 0 Å². The second kappa shape index (κ2) is 4.35. The number of hydrogen-bond acceptors (Lipinski definition) is 3. The molecule has 0 saturated carbocycles. The highest BCUT2D eigenvalue weighted by Gasteiger charge is 2.22. The minimum Gasteiger partial charge on any atom is -0.445 e. The lowest BCUT2D eigenvalue weighted by atomic mass is 9.95. The monoisotopic (exact) mass is 208 g/mol. The lowest BCUT2D eigenvalue weighted by Gasteiger charge is -2.21. The smallest absolute Gasteiger partial charge is 0.197 e. The van der Waals surface area contributed by atoms with Crippen LogP contribution in [-0.4, -0.2) is 18.1 Å². The lowest BCUT2D eigenvalue weighted by molar-refractivity contribution is 0.437. The average molecular weight is 208 g/mol. The van der Waals surface area contributed by atoms with E-state index in [9.17, 15) is 0 Å². The Kier molecular flexibility index (Phi) is 3.10. The highest BCUT2D eigenvalue weighted by molar-refractivity contribution is 5.16. The summed E-state index contributed by atoms with van der Waals surface area (Å²) in [6.45, 7) is 8.46. The van der Waals surface area contributed by atoms with Crippen LogP contribution in [0.2, 0.25) is 0 Å². The average Bonchev–Trinajstić information content (AvgIpc) is 2.62. The van der Waals surface area contributed by atoms with E-state index in [-0.39, 0.29) is 0 Å². The van der Waals surface area contributed by atoms with Gasteiger partial charge in [-0.15, -0.1) is 0 Å². The van der Waals surface area contributed by atoms with E-state index in [2.05, 4.69) is 24.1 Å². The zero-order valence-electron chi connectivity index (χ0n) is 9.84. The number of rotatable bonds is 2. The van der Waals surface area contributed by atoms with Crippen molar-refractivity contribution in [2.75, 3.05) is 13.1 Å². The molecule has 3 heteroatoms. The fraction of sp³-hybridized carbons (Fsp3) is 0.750. The number of piperidine rings is 1. The number of aromatic nitrogens is 1. The van der Waals surface area contributed by atoms with Gasteiger partial charge < -0.3 is 9.73 Å². The van der Waals surface area contributed by atoms with E-state index >= 15 is 0 Å². The van der Waals surface area contributed by atoms with Gasteiger partial charge in [-0.25, -0.2) is 4.98 Å². The Labute approximate surface area is 91.3 Å². The van der Waals surface area contributed by atoms with E-state index in [0.29, 0.717) is 11.8 Å². The fourth-order valence-electron chi connectivity index (χ4n) is 2.14. The van der Waals surface area contributed by atoms with E-state index in [1.165, 1.54) is 18.5 Å². The van der Waals surface area contributed by atoms with Gasteiger partial charge in [-0.3, -0.25) is 0 Å². The van der Waals surface area contributed by atoms with Gasteiger partial charge in [0.2, 0.25) is 0 Å². The van der Waals surface area contributed by atoms with Crippen molar-refractivity contribution < 1.29 is 4.42 Å². The molecule has 0 amide bonds. The van der Waals surface area contributed by atoms with Crippen LogP contribution in [0.25, 0.3) is 0 Å². The van der Waals surface area contributed by atoms with Gasteiger partial charge in [-0.1, -0.05) is 13.8 Å². The molecule has 0 bridgehead atoms. The van der Waals surface area contributed by atoms with Gasteiger partial charge >= 0.3 is 0 Å². The van der Waals surface area contributed by atoms with E-state index in [0.717, 1.165) is 24.7 Å². The molecule has 1 aromatic heterocycles. The third-order valence-corrected chi connectivity index (χ3v) is 3.03. The molecule has 15 heavy (non-hydrogen) atoms. The summed E-state index contributed by atoms with van der Waals surface area (Å²) in [4.78, 5) is 4.63. The highest BCUT2D eigenvalue weighted by Crippen LogP contribution is 2.27. The zero-order valence-corrected chi connectivity index (χ0v) is 9.84. The first-order valence-corrected chi connectivity index (χ1v) is 5.86. The van der Waals surface area contributed by atoms with Crippen LogP contribution in [0.4, 0.5) is 0 Å². The Morgan fingerprint density at radius 2 is 2.27 bits per heavy atom. The summed E-state index contributed by atoms with van der Waals surface area (Å²) >= 11 is 0. The van der Waals surface area contributed by atoms with Crippen LogP contribution in [0.3, 0.4) is 0 Å². The Balaban J connectivity index is 2.19. The minimum absolute atomic E-state index is 0.383. The van der Waals surface area contributed by atoms with Crippen molar-refractivity contribution in [2.45, 2.75) is 45.4 Å². The molecule has 1 unspecified atom stereocenters. The second-order valence-corrected chi connectivity index (χ2v) is 4.69. The molecule has 0 spiro atoms. The number of nitrogens with one attached hydrogen (secondary N) is 1. The van der Waals surface area contributed by atoms with Gasteiger partial charge in [0, 0.05) is 18.4 Å². The largest absolute Gasteiger partial charge is 0.445 e. The van der Waals surface area contributed by atoms with Crippen molar-refractivity contribution in [3.63, 3.8) is 0 Å². The maximum absolute atomic E-state index is 5.69. The molecular formula is C12H20N2O. The summed E-state index contributed by atoms with van der Waals surface area (Å²) in [6, 6.07) is 0. The molecule has 2 rings (SSSR count). The molecule has 84 valence electrons. The van der Waals surface area contributed by atoms with E-state index in [1.807, 2.05) is 6.92 Å². The normalized spacial score (nSPS) is 22.3. The van der Waals surface area contributed by atoms with Crippen LogP contribution in [0, 0.1) is 6.92 Å². The maximum Gasteiger partial charge on any atom is 0.197 e. The molecule has 1 atom stereocenters. The summed E-state index contributed by atoms with van der Waals surface area (Å²) in [5, 5.41) is 3.42. The quantitative estimate of drug-likeness (QED) is 0.811. The summed E-state index contributed by atoms with van der Waals surface area (Å²) in [6.07, 6.45) is 2.48. The Morgan fingerprint density at radius 1 is 1.47 bits per heavy atom. The van der Waals surface area contributed by atoms with Crippen molar-refractivity contribution in [3.05, 3.63) is 17.3 Å². The van der Waals surface area contributed by atoms with Crippen LogP contribution < -0.4 is 5.32 Å². The van der Waals surface area contributed by atoms with Crippen molar-refractivity contribution in [3.8, 4) is 0 Å². The van der Waals surface area contributed by atoms with Crippen LogP contribution >= 0.6 is 0 Å². The first-order chi connectivity index (χ1) is 7.18. The number of nitrogens with zero attached hydrogens (tertiary/aromatic N) is 1. The summed E-state index contributed by atoms with van der Waals surface area (Å²) in [5.41, 5.74) is 1.17. The van der Waals surface area contributed by atoms with E-state index < -0.39 is 0 Å². The minimum atomic E-state index is 0.383. The topological polar surface area (TPSA) is 38.1 Å². The molecule has 1 N–H and O–H groups in total. The number of oxazole rings is 1. The molecule has 1 fully saturated rings. The van der Waals surface area contributed by atoms with E-state index in [1.54, 1.807) is 0 Å². The van der Waals surface area contributed by atoms with Crippen molar-refractivity contribution in [1.82, 2.24) is 10.3 Å². The van der Waals surface area contributed by atoms with Gasteiger partial charge in [0.1, 0.15) is 5.76 Å². The zero-order chi connectivity index (χ0) is 10.8. The van der Waals surface area contributed by atoms with Gasteiger partial charge in [0.05, 0.1) is 5.69 Å². The standard InChI is InChI=1S/C12H20N2O/c1-8(2)12-14-11(9(3)15-12)10-5-4-6-13-7-10/h8,10,13H,4-7H2,1-3H3. The molecule has 0 radical (unpaired) electrons. The first kappa shape index (κ1) is 10.7. The first-order valence-electron chi connectivity index (χ1n) is 5.86. The molecule has 0 aromatic carbocycles. The molecule has 2 heterocycles. The summed E-state index contributed by atoms with van der Waals surface area (Å²) in [5.74, 6) is 2.82. The maximum atomic E-state index is 5.69. The highest BCUT2D eigenvalue weighted by atomic mass is 16.4. The van der Waals surface area contributed by atoms with E-state index in [4.69, 9.17) is 4.42 Å². The summed E-state index contributed by atoms with van der Waals surface area (Å²) < 4.78 is 5.69. The molecule has 1 saturated heterocycles. The van der Waals surface area contributed by atoms with Crippen LogP contribution in [-0.2, 0) is 0 Å². The lowest BCUT2D eigenvalue weighted by Crippen LogP contribution is -2.28. The van der Waals surface area contributed by atoms with Crippen LogP contribution in [0.5, 0.6) is 0 Å². The van der Waals surface area contributed by atoms with Crippen molar-refractivity contribution in [1.29, 1.82) is 0 Å². The fourth-order valence-corrected chi connectivity index (χ4v) is 2.14. The Bertz CT molecular complexity index is 324. The molecule has 3 nitrogen and oxygen atoms in total. The molecule has 1 aliphatic heterocycles. The number of hydrogen-bond donors (Lipinski definition) is 1. The van der Waals surface area contributed by atoms with Gasteiger partial charge in [0.25, 0.3) is 0 Å². The SMILES string of the molecule is Cc1oc(C(C)C)nc1C1CCCNC1. The van der Waals surface area contributed by atoms with Crippen LogP contribution in [0.1, 0.15) is 55.9 Å². The van der Waals surface area contributed by atoms with Gasteiger partial charge in [-0.05, 0) is 26.3 Å². The van der Waals surface area contributed by atoms with Crippen molar-refractivity contribution >= 4 is 0 Å². The second-order valence-electron chi connectivity index (χ2n) is 4.69. The Hall–Kier alpha value is -0.830. The van der Waals surface area contributed by atoms with Crippen molar-refractivity contribution in [2.24, 2.45) is 0 Å². The van der Waals surface area contributed by atoms with Crippen LogP contribution in [0.15, 0.2) is 4.42 Å². The molecule has 1 aromatic rings. The van der Waals surface area contributed by atoms with Gasteiger partial charge in [0.15, 0.2) is 5.89 Å². The summed E-state index contributed by atoms with van der Waals surface area (Å²) in [7, 11) is 0. The predicted molar refractivity (Wildman–Crippen MR) is 60.2 cm³/mol. The molecular weight excluding hydrogens is 188 g/mol. The number of aryl methyl sites for hydroxylation is 1. The Morgan fingerprint density at radius 3 is 2.80 bits per heavy atom. The third-order valence-electron chi connectivity index (χ3n) is 3.03.